The quantitative estimate of drug-likeness (QED) is 0.842. The predicted octanol–water partition coefficient (Wildman–Crippen LogP) is 2.26. The predicted molar refractivity (Wildman–Crippen MR) is 79.9 cm³/mol. The van der Waals surface area contributed by atoms with Gasteiger partial charge in [-0.2, -0.15) is 0 Å². The van der Waals surface area contributed by atoms with Gasteiger partial charge < -0.3 is 19.7 Å². The Morgan fingerprint density at radius 2 is 1.95 bits per heavy atom. The van der Waals surface area contributed by atoms with E-state index in [1.54, 1.807) is 7.11 Å². The highest BCUT2D eigenvalue weighted by Crippen LogP contribution is 2.19. The molecule has 0 aliphatic carbocycles. The summed E-state index contributed by atoms with van der Waals surface area (Å²) >= 11 is 0. The van der Waals surface area contributed by atoms with Crippen LogP contribution in [0.2, 0.25) is 0 Å². The lowest BCUT2D eigenvalue weighted by molar-refractivity contribution is 0.0182. The van der Waals surface area contributed by atoms with Gasteiger partial charge in [0.1, 0.15) is 5.60 Å². The molecule has 1 aliphatic rings. The van der Waals surface area contributed by atoms with Gasteiger partial charge in [-0.25, -0.2) is 4.79 Å². The third-order valence-electron chi connectivity index (χ3n) is 3.44. The number of rotatable bonds is 5. The van der Waals surface area contributed by atoms with Gasteiger partial charge in [0.15, 0.2) is 0 Å². The number of carbonyl (C=O) groups is 1. The van der Waals surface area contributed by atoms with E-state index in [-0.39, 0.29) is 6.09 Å². The zero-order chi connectivity index (χ0) is 15.2. The molecule has 0 spiro atoms. The fourth-order valence-electron chi connectivity index (χ4n) is 2.32. The molecule has 5 nitrogen and oxygen atoms in total. The van der Waals surface area contributed by atoms with Crippen molar-refractivity contribution in [2.45, 2.75) is 52.2 Å². The van der Waals surface area contributed by atoms with E-state index in [1.807, 2.05) is 25.7 Å². The monoisotopic (exact) mass is 286 g/mol. The van der Waals surface area contributed by atoms with Gasteiger partial charge in [-0.15, -0.1) is 0 Å². The normalized spacial score (nSPS) is 18.9. The van der Waals surface area contributed by atoms with E-state index in [0.717, 1.165) is 39.1 Å². The number of hydrogen-bond acceptors (Lipinski definition) is 4. The van der Waals surface area contributed by atoms with E-state index in [9.17, 15) is 4.79 Å². The molecule has 1 N–H and O–H groups in total. The van der Waals surface area contributed by atoms with Crippen LogP contribution in [0.3, 0.4) is 0 Å². The summed E-state index contributed by atoms with van der Waals surface area (Å²) < 4.78 is 10.5. The zero-order valence-electron chi connectivity index (χ0n) is 13.6. The summed E-state index contributed by atoms with van der Waals surface area (Å²) in [6, 6.07) is 0.379. The SMILES string of the molecule is COCC(C)NCC1CCN(C(=O)OC(C)(C)C)CC1. The molecule has 20 heavy (non-hydrogen) atoms. The highest BCUT2D eigenvalue weighted by molar-refractivity contribution is 5.68. The second kappa shape index (κ2) is 7.84. The van der Waals surface area contributed by atoms with Crippen LogP contribution >= 0.6 is 0 Å². The Kier molecular flexibility index (Phi) is 6.76. The van der Waals surface area contributed by atoms with E-state index in [2.05, 4.69) is 12.2 Å². The van der Waals surface area contributed by atoms with Crippen molar-refractivity contribution >= 4 is 6.09 Å². The van der Waals surface area contributed by atoms with Gasteiger partial charge in [0.2, 0.25) is 0 Å². The Balaban J connectivity index is 2.24. The van der Waals surface area contributed by atoms with Crippen LogP contribution in [0.1, 0.15) is 40.5 Å². The Labute approximate surface area is 123 Å². The van der Waals surface area contributed by atoms with E-state index < -0.39 is 5.60 Å². The lowest BCUT2D eigenvalue weighted by Gasteiger charge is -2.33. The van der Waals surface area contributed by atoms with Crippen molar-refractivity contribution in [3.05, 3.63) is 0 Å². The molecular weight excluding hydrogens is 256 g/mol. The number of nitrogens with zero attached hydrogens (tertiary/aromatic N) is 1. The third-order valence-corrected chi connectivity index (χ3v) is 3.44. The van der Waals surface area contributed by atoms with E-state index in [4.69, 9.17) is 9.47 Å². The maximum absolute atomic E-state index is 11.9. The Bertz CT molecular complexity index is 294. The molecule has 1 rings (SSSR count). The van der Waals surface area contributed by atoms with E-state index >= 15 is 0 Å². The molecule has 1 atom stereocenters. The average molecular weight is 286 g/mol. The van der Waals surface area contributed by atoms with E-state index in [0.29, 0.717) is 12.0 Å². The Morgan fingerprint density at radius 3 is 2.45 bits per heavy atom. The summed E-state index contributed by atoms with van der Waals surface area (Å²) in [5.74, 6) is 0.632. The van der Waals surface area contributed by atoms with Gasteiger partial charge in [0.05, 0.1) is 6.61 Å². The van der Waals surface area contributed by atoms with Crippen LogP contribution in [-0.4, -0.2) is 56.0 Å². The van der Waals surface area contributed by atoms with Gasteiger partial charge >= 0.3 is 6.09 Å². The topological polar surface area (TPSA) is 50.8 Å². The average Bonchev–Trinajstić information content (AvgIpc) is 2.35. The number of likely N-dealkylation sites (tertiary alicyclic amines) is 1. The highest BCUT2D eigenvalue weighted by atomic mass is 16.6. The first-order valence-electron chi connectivity index (χ1n) is 7.52. The fraction of sp³-hybridized carbons (Fsp3) is 0.933. The number of amides is 1. The van der Waals surface area contributed by atoms with Crippen molar-refractivity contribution in [2.75, 3.05) is 33.4 Å². The summed E-state index contributed by atoms with van der Waals surface area (Å²) in [4.78, 5) is 13.8. The molecule has 1 unspecified atom stereocenters. The molecule has 0 saturated carbocycles. The van der Waals surface area contributed by atoms with Crippen LogP contribution in [0.5, 0.6) is 0 Å². The van der Waals surface area contributed by atoms with Crippen molar-refractivity contribution in [3.63, 3.8) is 0 Å². The van der Waals surface area contributed by atoms with Crippen molar-refractivity contribution in [1.29, 1.82) is 0 Å². The van der Waals surface area contributed by atoms with E-state index in [1.165, 1.54) is 0 Å². The van der Waals surface area contributed by atoms with Gasteiger partial charge in [0, 0.05) is 26.2 Å². The van der Waals surface area contributed by atoms with Gasteiger partial charge in [-0.05, 0) is 53.0 Å². The smallest absolute Gasteiger partial charge is 0.410 e. The second-order valence-corrected chi connectivity index (χ2v) is 6.68. The second-order valence-electron chi connectivity index (χ2n) is 6.68. The fourth-order valence-corrected chi connectivity index (χ4v) is 2.32. The molecule has 0 radical (unpaired) electrons. The number of carbonyl (C=O) groups excluding carboxylic acids is 1. The number of nitrogens with one attached hydrogen (secondary N) is 1. The first-order valence-corrected chi connectivity index (χ1v) is 7.52. The minimum Gasteiger partial charge on any atom is -0.444 e. The van der Waals surface area contributed by atoms with Crippen molar-refractivity contribution in [2.24, 2.45) is 5.92 Å². The minimum absolute atomic E-state index is 0.184. The molecule has 1 amide bonds. The van der Waals surface area contributed by atoms with Gasteiger partial charge in [0.25, 0.3) is 0 Å². The molecule has 1 heterocycles. The molecule has 0 bridgehead atoms. The van der Waals surface area contributed by atoms with Crippen LogP contribution in [0, 0.1) is 5.92 Å². The third kappa shape index (κ3) is 6.57. The van der Waals surface area contributed by atoms with Crippen LogP contribution < -0.4 is 5.32 Å². The van der Waals surface area contributed by atoms with Crippen LogP contribution in [0.25, 0.3) is 0 Å². The van der Waals surface area contributed by atoms with Crippen LogP contribution in [0.4, 0.5) is 4.79 Å². The molecule has 0 aromatic carbocycles. The molecule has 118 valence electrons. The molecule has 1 saturated heterocycles. The number of ether oxygens (including phenoxy) is 2. The van der Waals surface area contributed by atoms with Crippen molar-refractivity contribution in [3.8, 4) is 0 Å². The number of methoxy groups -OCH3 is 1. The Morgan fingerprint density at radius 1 is 1.35 bits per heavy atom. The lowest BCUT2D eigenvalue weighted by atomic mass is 9.97. The zero-order valence-corrected chi connectivity index (χ0v) is 13.6. The molecule has 1 aliphatic heterocycles. The standard InChI is InChI=1S/C15H30N2O3/c1-12(11-19-5)16-10-13-6-8-17(9-7-13)14(18)20-15(2,3)4/h12-13,16H,6-11H2,1-5H3. The summed E-state index contributed by atoms with van der Waals surface area (Å²) in [5, 5.41) is 3.48. The highest BCUT2D eigenvalue weighted by Gasteiger charge is 2.26. The summed E-state index contributed by atoms with van der Waals surface area (Å²) in [6.07, 6.45) is 1.88. The first-order chi connectivity index (χ1) is 9.31. The lowest BCUT2D eigenvalue weighted by Crippen LogP contribution is -2.44. The summed E-state index contributed by atoms with van der Waals surface area (Å²) in [7, 11) is 1.72. The van der Waals surface area contributed by atoms with Gasteiger partial charge in [-0.3, -0.25) is 0 Å². The number of piperidine rings is 1. The molecule has 0 aromatic rings. The summed E-state index contributed by atoms with van der Waals surface area (Å²) in [6.45, 7) is 11.1. The maximum Gasteiger partial charge on any atom is 0.410 e. The number of hydrogen-bond donors (Lipinski definition) is 1. The van der Waals surface area contributed by atoms with Gasteiger partial charge in [-0.1, -0.05) is 0 Å². The van der Waals surface area contributed by atoms with Crippen molar-refractivity contribution < 1.29 is 14.3 Å². The minimum atomic E-state index is -0.412. The Hall–Kier alpha value is -0.810. The van der Waals surface area contributed by atoms with Crippen LogP contribution in [0.15, 0.2) is 0 Å². The largest absolute Gasteiger partial charge is 0.444 e. The summed E-state index contributed by atoms with van der Waals surface area (Å²) in [5.41, 5.74) is -0.412. The van der Waals surface area contributed by atoms with Crippen molar-refractivity contribution in [1.82, 2.24) is 10.2 Å². The molecular formula is C15H30N2O3. The first kappa shape index (κ1) is 17.2. The molecule has 0 aromatic heterocycles. The van der Waals surface area contributed by atoms with Crippen LogP contribution in [-0.2, 0) is 9.47 Å². The maximum atomic E-state index is 11.9. The molecule has 5 heteroatoms. The molecule has 1 fully saturated rings.